The fourth-order valence-electron chi connectivity index (χ4n) is 3.97. The molecule has 0 saturated heterocycles. The van der Waals surface area contributed by atoms with Gasteiger partial charge in [0.15, 0.2) is 11.5 Å². The molecule has 1 aromatic carbocycles. The van der Waals surface area contributed by atoms with E-state index in [1.807, 2.05) is 31.2 Å². The van der Waals surface area contributed by atoms with Gasteiger partial charge in [-0.15, -0.1) is 0 Å². The minimum atomic E-state index is -0.297. The molecule has 0 amide bonds. The number of ether oxygens (including phenoxy) is 2. The highest BCUT2D eigenvalue weighted by molar-refractivity contribution is 6.14. The lowest BCUT2D eigenvalue weighted by molar-refractivity contribution is -0.145. The van der Waals surface area contributed by atoms with Crippen LogP contribution in [0.25, 0.3) is 0 Å². The van der Waals surface area contributed by atoms with Gasteiger partial charge in [0.25, 0.3) is 0 Å². The average Bonchev–Trinajstić information content (AvgIpc) is 2.52. The maximum absolute atomic E-state index is 12.7. The second-order valence-corrected chi connectivity index (χ2v) is 6.10. The summed E-state index contributed by atoms with van der Waals surface area (Å²) in [6, 6.07) is 7.74. The van der Waals surface area contributed by atoms with E-state index in [0.717, 1.165) is 11.3 Å². The molecule has 0 spiro atoms. The summed E-state index contributed by atoms with van der Waals surface area (Å²) in [5.41, 5.74) is 1.54. The molecule has 4 atom stereocenters. The summed E-state index contributed by atoms with van der Waals surface area (Å²) in [7, 11) is 3.08. The summed E-state index contributed by atoms with van der Waals surface area (Å²) in [6.45, 7) is 3.73. The van der Waals surface area contributed by atoms with Gasteiger partial charge >= 0.3 is 0 Å². The van der Waals surface area contributed by atoms with Crippen molar-refractivity contribution in [2.75, 3.05) is 14.2 Å². The highest BCUT2D eigenvalue weighted by Crippen LogP contribution is 2.56. The van der Waals surface area contributed by atoms with Crippen LogP contribution in [0.1, 0.15) is 25.3 Å². The number of methoxy groups -OCH3 is 2. The van der Waals surface area contributed by atoms with Crippen molar-refractivity contribution in [2.24, 2.45) is 17.8 Å². The Morgan fingerprint density at radius 2 is 1.50 bits per heavy atom. The van der Waals surface area contributed by atoms with Gasteiger partial charge in [-0.2, -0.15) is 0 Å². The lowest BCUT2D eigenvalue weighted by atomic mass is 9.50. The molecule has 2 aliphatic carbocycles. The summed E-state index contributed by atoms with van der Waals surface area (Å²) >= 11 is 0. The molecule has 0 heterocycles. The first kappa shape index (κ1) is 14.8. The van der Waals surface area contributed by atoms with Crippen molar-refractivity contribution in [3.8, 4) is 5.75 Å². The predicted molar refractivity (Wildman–Crippen MR) is 81.6 cm³/mol. The Hall–Kier alpha value is -2.10. The molecule has 1 saturated carbocycles. The number of allylic oxidation sites excluding steroid dienone is 2. The number of Topliss-reactive ketones (excluding diaryl/α,β-unsaturated/α-hetero) is 2. The van der Waals surface area contributed by atoms with Crippen LogP contribution in [0.4, 0.5) is 0 Å². The molecule has 116 valence electrons. The normalized spacial score (nSPS) is 30.7. The maximum Gasteiger partial charge on any atom is 0.202 e. The molecule has 0 aromatic heterocycles. The number of ketones is 2. The Kier molecular flexibility index (Phi) is 3.55. The zero-order valence-corrected chi connectivity index (χ0v) is 13.3. The van der Waals surface area contributed by atoms with E-state index in [-0.39, 0.29) is 41.0 Å². The Morgan fingerprint density at radius 3 is 2.05 bits per heavy atom. The molecule has 0 unspecified atom stereocenters. The molecule has 0 bridgehead atoms. The number of carbonyl (C=O) groups excluding carboxylic acids is 2. The summed E-state index contributed by atoms with van der Waals surface area (Å²) in [5, 5.41) is 0. The van der Waals surface area contributed by atoms with Gasteiger partial charge in [0.1, 0.15) is 5.75 Å². The van der Waals surface area contributed by atoms with E-state index < -0.39 is 0 Å². The van der Waals surface area contributed by atoms with Crippen molar-refractivity contribution in [3.05, 3.63) is 41.2 Å². The zero-order chi connectivity index (χ0) is 16.0. The number of carbonyl (C=O) groups is 2. The van der Waals surface area contributed by atoms with Gasteiger partial charge in [-0.1, -0.05) is 19.1 Å². The van der Waals surface area contributed by atoms with Crippen molar-refractivity contribution in [1.82, 2.24) is 0 Å². The quantitative estimate of drug-likeness (QED) is 0.861. The highest BCUT2D eigenvalue weighted by atomic mass is 16.5. The molecule has 0 N–H and O–H groups in total. The Bertz CT molecular complexity index is 656. The number of hydrogen-bond acceptors (Lipinski definition) is 4. The third kappa shape index (κ3) is 1.90. The molecule has 4 heteroatoms. The van der Waals surface area contributed by atoms with Crippen LogP contribution >= 0.6 is 0 Å². The summed E-state index contributed by atoms with van der Waals surface area (Å²) in [5.74, 6) is 0.743. The predicted octanol–water partition coefficient (Wildman–Crippen LogP) is 2.73. The Labute approximate surface area is 130 Å². The third-order valence-corrected chi connectivity index (χ3v) is 5.15. The molecule has 4 nitrogen and oxygen atoms in total. The molecule has 1 aromatic rings. The molecule has 1 fully saturated rings. The van der Waals surface area contributed by atoms with Crippen molar-refractivity contribution in [1.29, 1.82) is 0 Å². The summed E-state index contributed by atoms with van der Waals surface area (Å²) in [6.07, 6.45) is 0. The molecular weight excluding hydrogens is 280 g/mol. The second kappa shape index (κ2) is 5.27. The molecule has 3 rings (SSSR count). The van der Waals surface area contributed by atoms with Gasteiger partial charge in [-0.3, -0.25) is 9.59 Å². The first-order chi connectivity index (χ1) is 10.5. The Balaban J connectivity index is 1.97. The van der Waals surface area contributed by atoms with Gasteiger partial charge in [0, 0.05) is 17.4 Å². The van der Waals surface area contributed by atoms with E-state index >= 15 is 0 Å². The third-order valence-electron chi connectivity index (χ3n) is 5.15. The lowest BCUT2D eigenvalue weighted by Gasteiger charge is -2.51. The first-order valence-corrected chi connectivity index (χ1v) is 7.48. The zero-order valence-electron chi connectivity index (χ0n) is 13.3. The van der Waals surface area contributed by atoms with E-state index in [4.69, 9.17) is 9.47 Å². The van der Waals surface area contributed by atoms with Crippen LogP contribution in [0.5, 0.6) is 5.75 Å². The molecule has 22 heavy (non-hydrogen) atoms. The monoisotopic (exact) mass is 300 g/mol. The fourth-order valence-corrected chi connectivity index (χ4v) is 3.97. The van der Waals surface area contributed by atoms with E-state index in [1.54, 1.807) is 14.0 Å². The fraction of sp³-hybridized carbons (Fsp3) is 0.444. The van der Waals surface area contributed by atoms with Crippen molar-refractivity contribution in [3.63, 3.8) is 0 Å². The number of rotatable bonds is 3. The van der Waals surface area contributed by atoms with Crippen LogP contribution < -0.4 is 4.74 Å². The number of fused-ring (bicyclic) bond motifs is 1. The van der Waals surface area contributed by atoms with Crippen LogP contribution in [0, 0.1) is 17.8 Å². The molecule has 0 radical (unpaired) electrons. The van der Waals surface area contributed by atoms with Crippen molar-refractivity contribution >= 4 is 11.6 Å². The molecule has 0 aliphatic heterocycles. The van der Waals surface area contributed by atoms with Gasteiger partial charge < -0.3 is 9.47 Å². The largest absolute Gasteiger partial charge is 0.497 e. The van der Waals surface area contributed by atoms with Gasteiger partial charge in [-0.05, 0) is 36.5 Å². The van der Waals surface area contributed by atoms with Crippen LogP contribution in [-0.2, 0) is 14.3 Å². The van der Waals surface area contributed by atoms with E-state index in [2.05, 4.69) is 0 Å². The maximum atomic E-state index is 12.7. The Morgan fingerprint density at radius 1 is 0.864 bits per heavy atom. The van der Waals surface area contributed by atoms with Gasteiger partial charge in [0.2, 0.25) is 5.78 Å². The summed E-state index contributed by atoms with van der Waals surface area (Å²) < 4.78 is 10.4. The van der Waals surface area contributed by atoms with Crippen molar-refractivity contribution in [2.45, 2.75) is 19.8 Å². The standard InChI is InChI=1S/C18H20O4/c1-9-13(11-5-7-12(21-3)8-6-11)15-14(9)16(19)10(2)18(22-4)17(15)20/h5-9,13-15H,1-4H3/t9-,13+,14-,15+/m1/s1. The van der Waals surface area contributed by atoms with Gasteiger partial charge in [0.05, 0.1) is 14.2 Å². The van der Waals surface area contributed by atoms with Crippen LogP contribution in [0.2, 0.25) is 0 Å². The first-order valence-electron chi connectivity index (χ1n) is 7.48. The van der Waals surface area contributed by atoms with Gasteiger partial charge in [-0.25, -0.2) is 0 Å². The van der Waals surface area contributed by atoms with E-state index in [0.29, 0.717) is 5.57 Å². The number of benzene rings is 1. The summed E-state index contributed by atoms with van der Waals surface area (Å²) in [4.78, 5) is 25.1. The minimum Gasteiger partial charge on any atom is -0.497 e. The smallest absolute Gasteiger partial charge is 0.202 e. The van der Waals surface area contributed by atoms with Crippen LogP contribution in [0.3, 0.4) is 0 Å². The van der Waals surface area contributed by atoms with E-state index in [9.17, 15) is 9.59 Å². The second-order valence-electron chi connectivity index (χ2n) is 6.10. The topological polar surface area (TPSA) is 52.6 Å². The highest BCUT2D eigenvalue weighted by Gasteiger charge is 2.58. The van der Waals surface area contributed by atoms with Crippen LogP contribution in [-0.4, -0.2) is 25.8 Å². The number of hydrogen-bond donors (Lipinski definition) is 0. The lowest BCUT2D eigenvalue weighted by Crippen LogP contribution is -2.55. The van der Waals surface area contributed by atoms with Crippen LogP contribution in [0.15, 0.2) is 35.6 Å². The minimum absolute atomic E-state index is 0.0384. The van der Waals surface area contributed by atoms with Crippen molar-refractivity contribution < 1.29 is 19.1 Å². The molecule has 2 aliphatic rings. The SMILES string of the molecule is COC1=C(C)C(=O)[C@@H]2[C@H](C)[C@@H](c3ccc(OC)cc3)[C@@H]2C1=O. The molecular formula is C18H20O4. The average molecular weight is 300 g/mol. The van der Waals surface area contributed by atoms with E-state index in [1.165, 1.54) is 7.11 Å².